The predicted octanol–water partition coefficient (Wildman–Crippen LogP) is 10.2. The van der Waals surface area contributed by atoms with Crippen LogP contribution in [0.3, 0.4) is 0 Å². The molecule has 0 aromatic heterocycles. The molecule has 0 aliphatic carbocycles. The number of carboxylic acids is 1. The maximum Gasteiger partial charge on any atom is 0.303 e. The van der Waals surface area contributed by atoms with Crippen molar-refractivity contribution in [1.29, 1.82) is 0 Å². The molecule has 0 aromatic carbocycles. The summed E-state index contributed by atoms with van der Waals surface area (Å²) in [7, 11) is 0. The number of unbranched alkanes of at least 4 members (excludes halogenated alkanes) is 19. The van der Waals surface area contributed by atoms with Crippen LogP contribution in [0.1, 0.15) is 174 Å². The first kappa shape index (κ1) is 32.4. The number of carbonyl (C=O) groups is 1. The third-order valence-corrected chi connectivity index (χ3v) is 6.90. The molecule has 0 spiro atoms. The fourth-order valence-electron chi connectivity index (χ4n) is 4.66. The Labute approximate surface area is 207 Å². The Balaban J connectivity index is 3.69. The quantitative estimate of drug-likeness (QED) is 0.116. The van der Waals surface area contributed by atoms with Crippen molar-refractivity contribution in [2.75, 3.05) is 6.61 Å². The molecule has 1 atom stereocenters. The fraction of sp³-hybridized carbons (Fsp3) is 0.967. The maximum absolute atomic E-state index is 10.5. The topological polar surface area (TPSA) is 46.5 Å². The Morgan fingerprint density at radius 1 is 0.545 bits per heavy atom. The maximum atomic E-state index is 10.5. The van der Waals surface area contributed by atoms with Crippen LogP contribution in [0.25, 0.3) is 0 Å². The number of aliphatic carboxylic acids is 1. The van der Waals surface area contributed by atoms with Crippen LogP contribution >= 0.6 is 0 Å². The van der Waals surface area contributed by atoms with Crippen LogP contribution in [-0.4, -0.2) is 23.8 Å². The van der Waals surface area contributed by atoms with Crippen LogP contribution in [0, 0.1) is 0 Å². The molecular weight excluding hydrogens is 408 g/mol. The molecule has 0 aliphatic heterocycles. The minimum Gasteiger partial charge on any atom is -0.481 e. The van der Waals surface area contributed by atoms with Crippen molar-refractivity contribution in [2.45, 2.75) is 180 Å². The van der Waals surface area contributed by atoms with Gasteiger partial charge in [0.2, 0.25) is 0 Å². The Hall–Kier alpha value is -0.570. The van der Waals surface area contributed by atoms with E-state index in [0.717, 1.165) is 19.4 Å². The molecule has 198 valence electrons. The van der Waals surface area contributed by atoms with E-state index < -0.39 is 5.97 Å². The van der Waals surface area contributed by atoms with Gasteiger partial charge in [0.25, 0.3) is 0 Å². The van der Waals surface area contributed by atoms with Crippen LogP contribution in [0.15, 0.2) is 0 Å². The van der Waals surface area contributed by atoms with Crippen LogP contribution in [0.2, 0.25) is 0 Å². The normalized spacial score (nSPS) is 12.3. The Morgan fingerprint density at radius 3 is 1.36 bits per heavy atom. The first-order chi connectivity index (χ1) is 16.2. The molecule has 0 saturated heterocycles. The minimum absolute atomic E-state index is 0.332. The molecule has 3 nitrogen and oxygen atoms in total. The predicted molar refractivity (Wildman–Crippen MR) is 144 cm³/mol. The second kappa shape index (κ2) is 27.7. The summed E-state index contributed by atoms with van der Waals surface area (Å²) in [6, 6.07) is 0. The highest BCUT2D eigenvalue weighted by atomic mass is 16.5. The van der Waals surface area contributed by atoms with Gasteiger partial charge in [0.1, 0.15) is 0 Å². The molecule has 1 unspecified atom stereocenters. The second-order valence-electron chi connectivity index (χ2n) is 10.3. The van der Waals surface area contributed by atoms with E-state index in [1.54, 1.807) is 0 Å². The first-order valence-electron chi connectivity index (χ1n) is 15.0. The summed E-state index contributed by atoms with van der Waals surface area (Å²) in [5, 5.41) is 8.67. The van der Waals surface area contributed by atoms with Crippen LogP contribution in [0.5, 0.6) is 0 Å². The average Bonchev–Trinajstić information content (AvgIpc) is 2.80. The van der Waals surface area contributed by atoms with Gasteiger partial charge in [-0.3, -0.25) is 4.79 Å². The number of carboxylic acid groups (broad SMARTS) is 1. The monoisotopic (exact) mass is 468 g/mol. The van der Waals surface area contributed by atoms with Gasteiger partial charge in [-0.05, 0) is 25.7 Å². The Morgan fingerprint density at radius 2 is 0.909 bits per heavy atom. The molecule has 3 heteroatoms. The molecule has 0 fully saturated rings. The lowest BCUT2D eigenvalue weighted by atomic mass is 10.0. The van der Waals surface area contributed by atoms with E-state index in [1.807, 2.05) is 0 Å². The van der Waals surface area contributed by atoms with Gasteiger partial charge < -0.3 is 9.84 Å². The molecule has 1 N–H and O–H groups in total. The molecule has 0 aliphatic rings. The smallest absolute Gasteiger partial charge is 0.303 e. The molecular formula is C30H60O3. The Kier molecular flexibility index (Phi) is 27.2. The van der Waals surface area contributed by atoms with Gasteiger partial charge in [0.15, 0.2) is 0 Å². The fourth-order valence-corrected chi connectivity index (χ4v) is 4.66. The highest BCUT2D eigenvalue weighted by Gasteiger charge is 2.09. The SMILES string of the molecule is CCCCCCCCCCCCOC(CCCCCC)CCCCCCCCCCC(=O)O. The third kappa shape index (κ3) is 27.6. The summed E-state index contributed by atoms with van der Waals surface area (Å²) in [5.74, 6) is -0.658. The lowest BCUT2D eigenvalue weighted by Gasteiger charge is -2.18. The van der Waals surface area contributed by atoms with Crippen LogP contribution in [0.4, 0.5) is 0 Å². The molecule has 0 saturated carbocycles. The molecule has 0 aromatic rings. The number of ether oxygens (including phenoxy) is 1. The summed E-state index contributed by atoms with van der Waals surface area (Å²) in [4.78, 5) is 10.5. The van der Waals surface area contributed by atoms with Crippen LogP contribution in [-0.2, 0) is 9.53 Å². The van der Waals surface area contributed by atoms with Crippen molar-refractivity contribution in [3.05, 3.63) is 0 Å². The van der Waals surface area contributed by atoms with Crippen molar-refractivity contribution in [3.63, 3.8) is 0 Å². The van der Waals surface area contributed by atoms with E-state index in [-0.39, 0.29) is 0 Å². The van der Waals surface area contributed by atoms with Crippen molar-refractivity contribution >= 4 is 5.97 Å². The summed E-state index contributed by atoms with van der Waals surface area (Å²) in [5.41, 5.74) is 0. The Bertz CT molecular complexity index is 383. The standard InChI is InChI=1S/C30H60O3/c1-3-5-7-9-10-11-14-17-20-24-28-33-29(25-21-8-6-4-2)26-22-18-15-12-13-16-19-23-27-30(31)32/h29H,3-28H2,1-2H3,(H,31,32). The lowest BCUT2D eigenvalue weighted by Crippen LogP contribution is -2.14. The van der Waals surface area contributed by atoms with E-state index in [0.29, 0.717) is 12.5 Å². The van der Waals surface area contributed by atoms with Gasteiger partial charge in [-0.2, -0.15) is 0 Å². The number of rotatable bonds is 28. The van der Waals surface area contributed by atoms with Gasteiger partial charge in [0.05, 0.1) is 6.10 Å². The van der Waals surface area contributed by atoms with Crippen LogP contribution < -0.4 is 0 Å². The van der Waals surface area contributed by atoms with Gasteiger partial charge in [-0.25, -0.2) is 0 Å². The molecule has 0 bridgehead atoms. The zero-order valence-electron chi connectivity index (χ0n) is 22.7. The third-order valence-electron chi connectivity index (χ3n) is 6.90. The average molecular weight is 469 g/mol. The summed E-state index contributed by atoms with van der Waals surface area (Å²) < 4.78 is 6.34. The van der Waals surface area contributed by atoms with Gasteiger partial charge in [-0.1, -0.05) is 142 Å². The lowest BCUT2D eigenvalue weighted by molar-refractivity contribution is -0.137. The van der Waals surface area contributed by atoms with E-state index in [4.69, 9.17) is 9.84 Å². The van der Waals surface area contributed by atoms with Gasteiger partial charge in [-0.15, -0.1) is 0 Å². The molecule has 0 radical (unpaired) electrons. The minimum atomic E-state index is -0.658. The van der Waals surface area contributed by atoms with E-state index in [1.165, 1.54) is 141 Å². The van der Waals surface area contributed by atoms with E-state index in [2.05, 4.69) is 13.8 Å². The highest BCUT2D eigenvalue weighted by Crippen LogP contribution is 2.18. The summed E-state index contributed by atoms with van der Waals surface area (Å²) in [6.07, 6.45) is 32.1. The largest absolute Gasteiger partial charge is 0.481 e. The van der Waals surface area contributed by atoms with E-state index in [9.17, 15) is 4.79 Å². The van der Waals surface area contributed by atoms with Gasteiger partial charge in [0, 0.05) is 13.0 Å². The summed E-state index contributed by atoms with van der Waals surface area (Å²) >= 11 is 0. The number of hydrogen-bond acceptors (Lipinski definition) is 2. The first-order valence-corrected chi connectivity index (χ1v) is 15.0. The number of hydrogen-bond donors (Lipinski definition) is 1. The van der Waals surface area contributed by atoms with Crippen molar-refractivity contribution < 1.29 is 14.6 Å². The van der Waals surface area contributed by atoms with E-state index >= 15 is 0 Å². The molecule has 33 heavy (non-hydrogen) atoms. The molecule has 0 heterocycles. The van der Waals surface area contributed by atoms with Gasteiger partial charge >= 0.3 is 5.97 Å². The highest BCUT2D eigenvalue weighted by molar-refractivity contribution is 5.66. The second-order valence-corrected chi connectivity index (χ2v) is 10.3. The van der Waals surface area contributed by atoms with Crippen molar-refractivity contribution in [2.24, 2.45) is 0 Å². The zero-order valence-corrected chi connectivity index (χ0v) is 22.7. The molecule has 0 amide bonds. The zero-order chi connectivity index (χ0) is 24.2. The van der Waals surface area contributed by atoms with Crippen molar-refractivity contribution in [1.82, 2.24) is 0 Å². The van der Waals surface area contributed by atoms with Crippen molar-refractivity contribution in [3.8, 4) is 0 Å². The summed E-state index contributed by atoms with van der Waals surface area (Å²) in [6.45, 7) is 5.53. The molecule has 0 rings (SSSR count).